The van der Waals surface area contributed by atoms with E-state index in [0.717, 1.165) is 17.7 Å². The fourth-order valence-corrected chi connectivity index (χ4v) is 4.82. The van der Waals surface area contributed by atoms with Gasteiger partial charge in [0.2, 0.25) is 0 Å². The van der Waals surface area contributed by atoms with Gasteiger partial charge in [0, 0.05) is 23.6 Å². The monoisotopic (exact) mass is 523 g/mol. The van der Waals surface area contributed by atoms with Crippen LogP contribution in [0.1, 0.15) is 12.5 Å². The van der Waals surface area contributed by atoms with Crippen molar-refractivity contribution in [2.75, 3.05) is 0 Å². The highest BCUT2D eigenvalue weighted by Crippen LogP contribution is 2.29. The van der Waals surface area contributed by atoms with Gasteiger partial charge in [-0.15, -0.1) is 0 Å². The van der Waals surface area contributed by atoms with Crippen LogP contribution in [0, 0.1) is 0 Å². The number of aromatic nitrogens is 1. The van der Waals surface area contributed by atoms with E-state index >= 15 is 0 Å². The first-order chi connectivity index (χ1) is 19.6. The first-order valence-corrected chi connectivity index (χ1v) is 13.4. The zero-order chi connectivity index (χ0) is 27.3. The molecule has 1 aromatic heterocycles. The van der Waals surface area contributed by atoms with Gasteiger partial charge in [-0.3, -0.25) is 0 Å². The second-order valence-corrected chi connectivity index (χ2v) is 9.80. The molecular formula is C36H29NO3. The number of benzene rings is 5. The molecule has 0 aliphatic rings. The predicted molar refractivity (Wildman–Crippen MR) is 161 cm³/mol. The minimum atomic E-state index is -0.724. The number of nitrogens with zero attached hydrogens (tertiary/aromatic N) is 1. The maximum absolute atomic E-state index is 12.4. The lowest BCUT2D eigenvalue weighted by Gasteiger charge is -2.14. The number of esters is 1. The van der Waals surface area contributed by atoms with E-state index in [1.165, 1.54) is 27.6 Å². The number of para-hydroxylation sites is 1. The average Bonchev–Trinajstić information content (AvgIpc) is 3.40. The number of fused-ring (bicyclic) bond motifs is 1. The van der Waals surface area contributed by atoms with Gasteiger partial charge < -0.3 is 14.0 Å². The Hall–Kier alpha value is -5.09. The van der Waals surface area contributed by atoms with Crippen molar-refractivity contribution < 1.29 is 14.3 Å². The Morgan fingerprint density at radius 3 is 1.90 bits per heavy atom. The molecule has 0 bridgehead atoms. The molecule has 0 spiro atoms. The summed E-state index contributed by atoms with van der Waals surface area (Å²) in [6.07, 6.45) is 1.43. The normalized spacial score (nSPS) is 11.7. The molecule has 0 aliphatic carbocycles. The molecule has 0 saturated carbocycles. The van der Waals surface area contributed by atoms with Crippen LogP contribution in [-0.2, 0) is 11.3 Å². The lowest BCUT2D eigenvalue weighted by Crippen LogP contribution is -2.28. The van der Waals surface area contributed by atoms with Crippen molar-refractivity contribution in [2.45, 2.75) is 19.6 Å². The van der Waals surface area contributed by atoms with Crippen LogP contribution in [0.4, 0.5) is 0 Å². The van der Waals surface area contributed by atoms with Crippen molar-refractivity contribution in [2.24, 2.45) is 0 Å². The van der Waals surface area contributed by atoms with E-state index in [-0.39, 0.29) is 0 Å². The first-order valence-electron chi connectivity index (χ1n) is 13.4. The largest absolute Gasteiger partial charge is 0.479 e. The van der Waals surface area contributed by atoms with Crippen LogP contribution in [0.2, 0.25) is 0 Å². The number of ether oxygens (including phenoxy) is 2. The molecule has 4 nitrogen and oxygen atoms in total. The number of hydrogen-bond acceptors (Lipinski definition) is 3. The van der Waals surface area contributed by atoms with Crippen LogP contribution in [0.15, 0.2) is 140 Å². The number of rotatable bonds is 8. The van der Waals surface area contributed by atoms with E-state index in [4.69, 9.17) is 9.47 Å². The molecule has 0 N–H and O–H groups in total. The van der Waals surface area contributed by atoms with E-state index in [1.54, 1.807) is 19.1 Å². The Bertz CT molecular complexity index is 1720. The highest BCUT2D eigenvalue weighted by Gasteiger charge is 2.17. The van der Waals surface area contributed by atoms with Gasteiger partial charge in [-0.05, 0) is 77.2 Å². The van der Waals surface area contributed by atoms with Crippen LogP contribution in [0.5, 0.6) is 11.5 Å². The van der Waals surface area contributed by atoms with E-state index < -0.39 is 12.1 Å². The molecule has 0 saturated heterocycles. The third-order valence-corrected chi connectivity index (χ3v) is 6.98. The minimum absolute atomic E-state index is 0.434. The van der Waals surface area contributed by atoms with Gasteiger partial charge >= 0.3 is 5.97 Å². The van der Waals surface area contributed by atoms with Crippen LogP contribution in [0.3, 0.4) is 0 Å². The molecule has 6 rings (SSSR count). The molecule has 40 heavy (non-hydrogen) atoms. The van der Waals surface area contributed by atoms with Crippen molar-refractivity contribution in [3.63, 3.8) is 0 Å². The lowest BCUT2D eigenvalue weighted by atomic mass is 9.99. The summed E-state index contributed by atoms with van der Waals surface area (Å²) in [5.41, 5.74) is 7.08. The molecule has 0 fully saturated rings. The Balaban J connectivity index is 1.11. The van der Waals surface area contributed by atoms with Crippen molar-refractivity contribution in [1.29, 1.82) is 0 Å². The molecule has 1 heterocycles. The molecule has 0 aliphatic heterocycles. The Morgan fingerprint density at radius 2 is 1.23 bits per heavy atom. The number of carbonyl (C=O) groups excluding carboxylic acids is 1. The van der Waals surface area contributed by atoms with Gasteiger partial charge in [-0.1, -0.05) is 91.0 Å². The zero-order valence-corrected chi connectivity index (χ0v) is 22.2. The summed E-state index contributed by atoms with van der Waals surface area (Å²) in [6, 6.07) is 44.7. The third kappa shape index (κ3) is 5.67. The highest BCUT2D eigenvalue weighted by molar-refractivity contribution is 5.86. The quantitative estimate of drug-likeness (QED) is 0.149. The minimum Gasteiger partial charge on any atom is -0.479 e. The molecule has 196 valence electrons. The summed E-state index contributed by atoms with van der Waals surface area (Å²) in [4.78, 5) is 12.4. The van der Waals surface area contributed by atoms with Crippen molar-refractivity contribution in [3.05, 3.63) is 145 Å². The number of carbonyl (C=O) groups is 1. The van der Waals surface area contributed by atoms with Crippen LogP contribution >= 0.6 is 0 Å². The summed E-state index contributed by atoms with van der Waals surface area (Å²) in [7, 11) is 0. The third-order valence-electron chi connectivity index (χ3n) is 6.98. The van der Waals surface area contributed by atoms with Crippen LogP contribution in [-0.4, -0.2) is 16.6 Å². The van der Waals surface area contributed by atoms with Crippen molar-refractivity contribution >= 4 is 16.9 Å². The first kappa shape index (κ1) is 25.2. The molecule has 4 heteroatoms. The standard InChI is InChI=1S/C36H29NO3/c1-26(36(38)40-33-10-6-3-7-11-33)39-34-19-16-29(17-20-34)28-12-14-30(15-13-28)31-18-21-35-32(24-31)22-23-37(35)25-27-8-4-2-5-9-27/h2-24,26H,25H2,1H3. The Kier molecular flexibility index (Phi) is 7.14. The van der Waals surface area contributed by atoms with Crippen molar-refractivity contribution in [3.8, 4) is 33.8 Å². The van der Waals surface area contributed by atoms with Gasteiger partial charge in [-0.25, -0.2) is 4.79 Å². The lowest BCUT2D eigenvalue weighted by molar-refractivity contribution is -0.141. The van der Waals surface area contributed by atoms with Gasteiger partial charge in [-0.2, -0.15) is 0 Å². The van der Waals surface area contributed by atoms with Gasteiger partial charge in [0.15, 0.2) is 6.10 Å². The predicted octanol–water partition coefficient (Wildman–Crippen LogP) is 8.40. The Labute approximate surface area is 234 Å². The smallest absolute Gasteiger partial charge is 0.352 e. The summed E-state index contributed by atoms with van der Waals surface area (Å²) in [6.45, 7) is 2.55. The van der Waals surface area contributed by atoms with Crippen LogP contribution < -0.4 is 9.47 Å². The number of hydrogen-bond donors (Lipinski definition) is 0. The average molecular weight is 524 g/mol. The maximum atomic E-state index is 12.4. The maximum Gasteiger partial charge on any atom is 0.352 e. The zero-order valence-electron chi connectivity index (χ0n) is 22.2. The summed E-state index contributed by atoms with van der Waals surface area (Å²) >= 11 is 0. The van der Waals surface area contributed by atoms with Gasteiger partial charge in [0.25, 0.3) is 0 Å². The second-order valence-electron chi connectivity index (χ2n) is 9.80. The molecule has 0 radical (unpaired) electrons. The van der Waals surface area contributed by atoms with Crippen LogP contribution in [0.25, 0.3) is 33.2 Å². The fourth-order valence-electron chi connectivity index (χ4n) is 4.82. The van der Waals surface area contributed by atoms with E-state index in [1.807, 2.05) is 48.5 Å². The second kappa shape index (κ2) is 11.3. The summed E-state index contributed by atoms with van der Waals surface area (Å²) in [5, 5.41) is 1.23. The summed E-state index contributed by atoms with van der Waals surface area (Å²) < 4.78 is 13.5. The molecule has 1 unspecified atom stereocenters. The SMILES string of the molecule is CC(Oc1ccc(-c2ccc(-c3ccc4c(ccn4Cc4ccccc4)c3)cc2)cc1)C(=O)Oc1ccccc1. The van der Waals surface area contributed by atoms with E-state index in [2.05, 4.69) is 83.6 Å². The molecule has 6 aromatic rings. The van der Waals surface area contributed by atoms with Crippen molar-refractivity contribution in [1.82, 2.24) is 4.57 Å². The van der Waals surface area contributed by atoms with E-state index in [9.17, 15) is 4.79 Å². The van der Waals surface area contributed by atoms with Gasteiger partial charge in [0.1, 0.15) is 11.5 Å². The van der Waals surface area contributed by atoms with Gasteiger partial charge in [0.05, 0.1) is 0 Å². The fraction of sp³-hybridized carbons (Fsp3) is 0.0833. The molecule has 0 amide bonds. The Morgan fingerprint density at radius 1 is 0.650 bits per heavy atom. The topological polar surface area (TPSA) is 40.5 Å². The molecular weight excluding hydrogens is 494 g/mol. The van der Waals surface area contributed by atoms with E-state index in [0.29, 0.717) is 11.5 Å². The summed E-state index contributed by atoms with van der Waals surface area (Å²) in [5.74, 6) is 0.685. The molecule has 5 aromatic carbocycles. The highest BCUT2D eigenvalue weighted by atomic mass is 16.6. The molecule has 1 atom stereocenters.